The highest BCUT2D eigenvalue weighted by Gasteiger charge is 2.11. The zero-order valence-corrected chi connectivity index (χ0v) is 11.7. The van der Waals surface area contributed by atoms with Crippen LogP contribution in [0.25, 0.3) is 0 Å². The van der Waals surface area contributed by atoms with Crippen LogP contribution in [0.5, 0.6) is 5.75 Å². The summed E-state index contributed by atoms with van der Waals surface area (Å²) in [5.41, 5.74) is 1.45. The van der Waals surface area contributed by atoms with Gasteiger partial charge in [-0.15, -0.1) is 0 Å². The summed E-state index contributed by atoms with van der Waals surface area (Å²) in [6, 6.07) is 12.8. The fourth-order valence-corrected chi connectivity index (χ4v) is 1.71. The van der Waals surface area contributed by atoms with E-state index in [0.29, 0.717) is 18.0 Å². The minimum absolute atomic E-state index is 0.00533. The van der Waals surface area contributed by atoms with E-state index < -0.39 is 11.7 Å². The lowest BCUT2D eigenvalue weighted by Crippen LogP contribution is -2.13. The number of halogens is 1. The number of carbonyl (C=O) groups excluding carboxylic acids is 1. The lowest BCUT2D eigenvalue weighted by atomic mass is 10.2. The molecule has 1 N–H and O–H groups in total. The van der Waals surface area contributed by atoms with Crippen LogP contribution in [0.2, 0.25) is 0 Å². The lowest BCUT2D eigenvalue weighted by Gasteiger charge is -2.09. The van der Waals surface area contributed by atoms with Gasteiger partial charge in [0.1, 0.15) is 18.2 Å². The number of hydrogen-bond donors (Lipinski definition) is 1. The van der Waals surface area contributed by atoms with E-state index in [1.54, 1.807) is 30.3 Å². The Morgan fingerprint density at radius 3 is 2.71 bits per heavy atom. The molecule has 2 aromatic rings. The molecule has 0 bridgehead atoms. The van der Waals surface area contributed by atoms with Gasteiger partial charge in [-0.05, 0) is 36.8 Å². The van der Waals surface area contributed by atoms with Crippen molar-refractivity contribution in [2.45, 2.75) is 6.92 Å². The molecule has 0 spiro atoms. The maximum Gasteiger partial charge on any atom is 0.258 e. The third-order valence-electron chi connectivity index (χ3n) is 2.70. The molecule has 0 aliphatic rings. The van der Waals surface area contributed by atoms with Crippen molar-refractivity contribution in [1.82, 2.24) is 0 Å². The second-order valence-corrected chi connectivity index (χ2v) is 4.71. The van der Waals surface area contributed by atoms with E-state index in [9.17, 15) is 9.18 Å². The Morgan fingerprint density at radius 2 is 2.00 bits per heavy atom. The highest BCUT2D eigenvalue weighted by atomic mass is 19.1. The number of ether oxygens (including phenoxy) is 1. The molecule has 0 aliphatic carbocycles. The van der Waals surface area contributed by atoms with Crippen molar-refractivity contribution in [3.05, 3.63) is 72.1 Å². The Labute approximate surface area is 123 Å². The Hall–Kier alpha value is -2.62. The zero-order chi connectivity index (χ0) is 15.2. The third kappa shape index (κ3) is 4.18. The first kappa shape index (κ1) is 14.8. The maximum absolute atomic E-state index is 13.5. The van der Waals surface area contributed by atoms with Crippen LogP contribution < -0.4 is 10.1 Å². The summed E-state index contributed by atoms with van der Waals surface area (Å²) in [7, 11) is 0. The van der Waals surface area contributed by atoms with Gasteiger partial charge in [0, 0.05) is 11.8 Å². The van der Waals surface area contributed by atoms with E-state index in [4.69, 9.17) is 4.74 Å². The molecule has 2 rings (SSSR count). The van der Waals surface area contributed by atoms with Gasteiger partial charge in [-0.1, -0.05) is 24.8 Å². The minimum atomic E-state index is -0.551. The summed E-state index contributed by atoms with van der Waals surface area (Å²) in [6.45, 7) is 6.03. The molecular formula is C17H16FNO2. The smallest absolute Gasteiger partial charge is 0.258 e. The van der Waals surface area contributed by atoms with E-state index in [1.807, 2.05) is 6.92 Å². The van der Waals surface area contributed by atoms with Gasteiger partial charge < -0.3 is 10.1 Å². The Balaban J connectivity index is 2.09. The molecule has 108 valence electrons. The largest absolute Gasteiger partial charge is 0.489 e. The van der Waals surface area contributed by atoms with Gasteiger partial charge in [0.2, 0.25) is 0 Å². The molecule has 0 heterocycles. The molecule has 0 saturated heterocycles. The Morgan fingerprint density at radius 1 is 1.24 bits per heavy atom. The van der Waals surface area contributed by atoms with E-state index >= 15 is 0 Å². The summed E-state index contributed by atoms with van der Waals surface area (Å²) in [4.78, 5) is 12.0. The summed E-state index contributed by atoms with van der Waals surface area (Å²) in [6.07, 6.45) is 0. The van der Waals surface area contributed by atoms with Crippen LogP contribution in [0, 0.1) is 5.82 Å². The van der Waals surface area contributed by atoms with Gasteiger partial charge in [0.25, 0.3) is 5.91 Å². The number of hydrogen-bond acceptors (Lipinski definition) is 2. The van der Waals surface area contributed by atoms with E-state index in [-0.39, 0.29) is 5.56 Å². The average Bonchev–Trinajstić information content (AvgIpc) is 2.46. The van der Waals surface area contributed by atoms with Gasteiger partial charge in [-0.3, -0.25) is 4.79 Å². The molecule has 0 atom stereocenters. The van der Waals surface area contributed by atoms with Crippen molar-refractivity contribution in [2.24, 2.45) is 0 Å². The number of benzene rings is 2. The van der Waals surface area contributed by atoms with Crippen molar-refractivity contribution >= 4 is 11.6 Å². The van der Waals surface area contributed by atoms with Crippen molar-refractivity contribution < 1.29 is 13.9 Å². The van der Waals surface area contributed by atoms with Crippen LogP contribution >= 0.6 is 0 Å². The second-order valence-electron chi connectivity index (χ2n) is 4.71. The molecule has 1 amide bonds. The Kier molecular flexibility index (Phi) is 4.72. The molecule has 0 unspecified atom stereocenters. The van der Waals surface area contributed by atoms with E-state index in [0.717, 1.165) is 5.57 Å². The first-order valence-electron chi connectivity index (χ1n) is 6.49. The third-order valence-corrected chi connectivity index (χ3v) is 2.70. The van der Waals surface area contributed by atoms with E-state index in [1.165, 1.54) is 18.2 Å². The SMILES string of the molecule is C=C(C)COc1cccc(NC(=O)c2ccccc2F)c1. The lowest BCUT2D eigenvalue weighted by molar-refractivity contribution is 0.102. The van der Waals surface area contributed by atoms with E-state index in [2.05, 4.69) is 11.9 Å². The molecule has 3 nitrogen and oxygen atoms in total. The predicted octanol–water partition coefficient (Wildman–Crippen LogP) is 4.03. The molecule has 0 radical (unpaired) electrons. The zero-order valence-electron chi connectivity index (χ0n) is 11.7. The molecule has 21 heavy (non-hydrogen) atoms. The van der Waals surface area contributed by atoms with Crippen LogP contribution in [0.1, 0.15) is 17.3 Å². The van der Waals surface area contributed by atoms with Crippen LogP contribution in [-0.4, -0.2) is 12.5 Å². The van der Waals surface area contributed by atoms with Gasteiger partial charge in [-0.2, -0.15) is 0 Å². The first-order valence-corrected chi connectivity index (χ1v) is 6.49. The molecule has 2 aromatic carbocycles. The highest BCUT2D eigenvalue weighted by Crippen LogP contribution is 2.19. The first-order chi connectivity index (χ1) is 10.1. The summed E-state index contributed by atoms with van der Waals surface area (Å²) in [5.74, 6) is -0.431. The van der Waals surface area contributed by atoms with Gasteiger partial charge in [-0.25, -0.2) is 4.39 Å². The van der Waals surface area contributed by atoms with Gasteiger partial charge in [0.05, 0.1) is 5.56 Å². The van der Waals surface area contributed by atoms with Gasteiger partial charge in [0.15, 0.2) is 0 Å². The van der Waals surface area contributed by atoms with Crippen molar-refractivity contribution in [2.75, 3.05) is 11.9 Å². The summed E-state index contributed by atoms with van der Waals surface area (Å²) >= 11 is 0. The molecular weight excluding hydrogens is 269 g/mol. The van der Waals surface area contributed by atoms with Crippen LogP contribution in [0.4, 0.5) is 10.1 Å². The minimum Gasteiger partial charge on any atom is -0.489 e. The molecule has 0 aromatic heterocycles. The topological polar surface area (TPSA) is 38.3 Å². The second kappa shape index (κ2) is 6.70. The fraction of sp³-hybridized carbons (Fsp3) is 0.118. The fourth-order valence-electron chi connectivity index (χ4n) is 1.71. The number of nitrogens with one attached hydrogen (secondary N) is 1. The monoisotopic (exact) mass is 285 g/mol. The van der Waals surface area contributed by atoms with Crippen molar-refractivity contribution in [3.8, 4) is 5.75 Å². The predicted molar refractivity (Wildman–Crippen MR) is 81.1 cm³/mol. The average molecular weight is 285 g/mol. The quantitative estimate of drug-likeness (QED) is 0.842. The number of anilines is 1. The normalized spacial score (nSPS) is 10.0. The van der Waals surface area contributed by atoms with Crippen LogP contribution in [0.15, 0.2) is 60.7 Å². The summed E-state index contributed by atoms with van der Waals surface area (Å²) < 4.78 is 19.0. The van der Waals surface area contributed by atoms with Crippen LogP contribution in [0.3, 0.4) is 0 Å². The Bertz CT molecular complexity index is 667. The van der Waals surface area contributed by atoms with Crippen molar-refractivity contribution in [3.63, 3.8) is 0 Å². The number of rotatable bonds is 5. The maximum atomic E-state index is 13.5. The molecule has 4 heteroatoms. The van der Waals surface area contributed by atoms with Crippen molar-refractivity contribution in [1.29, 1.82) is 0 Å². The highest BCUT2D eigenvalue weighted by molar-refractivity contribution is 6.04. The standard InChI is InChI=1S/C17H16FNO2/c1-12(2)11-21-14-7-5-6-13(10-14)19-17(20)15-8-3-4-9-16(15)18/h3-10H,1,11H2,2H3,(H,19,20). The molecule has 0 saturated carbocycles. The number of amides is 1. The van der Waals surface area contributed by atoms with Gasteiger partial charge >= 0.3 is 0 Å². The van der Waals surface area contributed by atoms with Crippen LogP contribution in [-0.2, 0) is 0 Å². The number of carbonyl (C=O) groups is 1. The summed E-state index contributed by atoms with van der Waals surface area (Å²) in [5, 5.41) is 2.65. The molecule has 0 aliphatic heterocycles. The molecule has 0 fully saturated rings.